The number of nitrogens with one attached hydrogen (secondary N) is 1. The summed E-state index contributed by atoms with van der Waals surface area (Å²) in [5.41, 5.74) is 3.26. The van der Waals surface area contributed by atoms with Gasteiger partial charge in [0.2, 0.25) is 11.8 Å². The molecule has 1 aromatic carbocycles. The molecule has 25 heavy (non-hydrogen) atoms. The highest BCUT2D eigenvalue weighted by Gasteiger charge is 2.32. The molecule has 136 valence electrons. The zero-order valence-electron chi connectivity index (χ0n) is 15.2. The number of rotatable bonds is 3. The molecule has 1 aliphatic carbocycles. The van der Waals surface area contributed by atoms with E-state index in [1.54, 1.807) is 0 Å². The van der Waals surface area contributed by atoms with E-state index in [4.69, 9.17) is 4.74 Å². The van der Waals surface area contributed by atoms with Gasteiger partial charge in [-0.05, 0) is 62.8 Å². The average molecular weight is 344 g/mol. The summed E-state index contributed by atoms with van der Waals surface area (Å²) in [5, 5.41) is 3.04. The summed E-state index contributed by atoms with van der Waals surface area (Å²) in [6.07, 6.45) is 3.19. The Kier molecular flexibility index (Phi) is 5.74. The molecule has 1 N–H and O–H groups in total. The van der Waals surface area contributed by atoms with Crippen molar-refractivity contribution in [1.82, 2.24) is 4.90 Å². The van der Waals surface area contributed by atoms with Crippen LogP contribution in [0.15, 0.2) is 18.2 Å². The number of amides is 2. The fourth-order valence-corrected chi connectivity index (χ4v) is 3.71. The molecular weight excluding hydrogens is 316 g/mol. The third-order valence-corrected chi connectivity index (χ3v) is 5.54. The lowest BCUT2D eigenvalue weighted by Crippen LogP contribution is -2.44. The van der Waals surface area contributed by atoms with Crippen LogP contribution < -0.4 is 5.32 Å². The van der Waals surface area contributed by atoms with E-state index in [1.807, 2.05) is 30.0 Å². The Morgan fingerprint density at radius 3 is 2.28 bits per heavy atom. The summed E-state index contributed by atoms with van der Waals surface area (Å²) in [6, 6.07) is 6.00. The maximum Gasteiger partial charge on any atom is 0.227 e. The first-order valence-corrected chi connectivity index (χ1v) is 9.29. The van der Waals surface area contributed by atoms with Crippen LogP contribution in [-0.2, 0) is 14.3 Å². The van der Waals surface area contributed by atoms with Gasteiger partial charge >= 0.3 is 0 Å². The first-order chi connectivity index (χ1) is 12.0. The van der Waals surface area contributed by atoms with Gasteiger partial charge in [-0.25, -0.2) is 0 Å². The maximum atomic E-state index is 12.6. The van der Waals surface area contributed by atoms with Gasteiger partial charge in [-0.1, -0.05) is 6.07 Å². The van der Waals surface area contributed by atoms with Crippen LogP contribution in [0.2, 0.25) is 0 Å². The predicted octanol–water partition coefficient (Wildman–Crippen LogP) is 2.91. The molecule has 1 heterocycles. The number of anilines is 1. The van der Waals surface area contributed by atoms with Crippen molar-refractivity contribution in [1.29, 1.82) is 0 Å². The highest BCUT2D eigenvalue weighted by atomic mass is 16.5. The van der Waals surface area contributed by atoms with E-state index in [2.05, 4.69) is 12.2 Å². The van der Waals surface area contributed by atoms with Crippen LogP contribution in [0, 0.1) is 25.7 Å². The quantitative estimate of drug-likeness (QED) is 0.917. The molecule has 0 radical (unpaired) electrons. The second kappa shape index (κ2) is 8.00. The molecule has 2 aliphatic rings. The minimum Gasteiger partial charge on any atom is -0.378 e. The first kappa shape index (κ1) is 17.9. The molecule has 0 aromatic heterocycles. The molecule has 1 aromatic rings. The Balaban J connectivity index is 1.50. The Morgan fingerprint density at radius 2 is 1.64 bits per heavy atom. The normalized spacial score (nSPS) is 24.0. The molecule has 1 saturated heterocycles. The molecule has 0 bridgehead atoms. The van der Waals surface area contributed by atoms with Gasteiger partial charge in [-0.3, -0.25) is 9.59 Å². The lowest BCUT2D eigenvalue weighted by Gasteiger charge is -2.33. The third kappa shape index (κ3) is 4.40. The van der Waals surface area contributed by atoms with Gasteiger partial charge < -0.3 is 15.0 Å². The summed E-state index contributed by atoms with van der Waals surface area (Å²) >= 11 is 0. The molecule has 3 rings (SSSR count). The number of morpholine rings is 1. The van der Waals surface area contributed by atoms with Crippen LogP contribution >= 0.6 is 0 Å². The number of carbonyl (C=O) groups excluding carboxylic acids is 2. The zero-order valence-corrected chi connectivity index (χ0v) is 15.2. The number of benzene rings is 1. The summed E-state index contributed by atoms with van der Waals surface area (Å²) < 4.78 is 5.31. The Bertz CT molecular complexity index is 630. The van der Waals surface area contributed by atoms with Gasteiger partial charge in [-0.15, -0.1) is 0 Å². The standard InChI is InChI=1S/C20H28N2O3/c1-14-3-8-18(13-15(14)2)21-19(23)16-4-6-17(7-5-16)20(24)22-9-11-25-12-10-22/h3,8,13,16-17H,4-7,9-12H2,1-2H3,(H,21,23). The highest BCUT2D eigenvalue weighted by molar-refractivity contribution is 5.93. The van der Waals surface area contributed by atoms with Crippen molar-refractivity contribution in [2.45, 2.75) is 39.5 Å². The van der Waals surface area contributed by atoms with Crippen LogP contribution in [0.4, 0.5) is 5.69 Å². The lowest BCUT2D eigenvalue weighted by molar-refractivity contribution is -0.141. The van der Waals surface area contributed by atoms with Gasteiger partial charge in [0.1, 0.15) is 0 Å². The lowest BCUT2D eigenvalue weighted by atomic mass is 9.81. The summed E-state index contributed by atoms with van der Waals surface area (Å²) in [5.74, 6) is 0.413. The van der Waals surface area contributed by atoms with Crippen molar-refractivity contribution < 1.29 is 14.3 Å². The van der Waals surface area contributed by atoms with Crippen molar-refractivity contribution in [3.63, 3.8) is 0 Å². The molecule has 0 unspecified atom stereocenters. The minimum absolute atomic E-state index is 0.00958. The van der Waals surface area contributed by atoms with Gasteiger partial charge in [-0.2, -0.15) is 0 Å². The third-order valence-electron chi connectivity index (χ3n) is 5.54. The Morgan fingerprint density at radius 1 is 1.00 bits per heavy atom. The second-order valence-corrected chi connectivity index (χ2v) is 7.27. The first-order valence-electron chi connectivity index (χ1n) is 9.29. The van der Waals surface area contributed by atoms with Crippen LogP contribution in [-0.4, -0.2) is 43.0 Å². The smallest absolute Gasteiger partial charge is 0.227 e. The summed E-state index contributed by atoms with van der Waals surface area (Å²) in [7, 11) is 0. The number of carbonyl (C=O) groups is 2. The van der Waals surface area contributed by atoms with Crippen LogP contribution in [0.25, 0.3) is 0 Å². The molecule has 1 aliphatic heterocycles. The molecular formula is C20H28N2O3. The summed E-state index contributed by atoms with van der Waals surface area (Å²) in [4.78, 5) is 27.0. The number of nitrogens with zero attached hydrogens (tertiary/aromatic N) is 1. The van der Waals surface area contributed by atoms with Crippen molar-refractivity contribution >= 4 is 17.5 Å². The largest absolute Gasteiger partial charge is 0.378 e. The Labute approximate surface area is 149 Å². The summed E-state index contributed by atoms with van der Waals surface area (Å²) in [6.45, 7) is 6.79. The molecule has 1 saturated carbocycles. The molecule has 2 fully saturated rings. The molecule has 2 amide bonds. The van der Waals surface area contributed by atoms with Crippen LogP contribution in [0.1, 0.15) is 36.8 Å². The average Bonchev–Trinajstić information content (AvgIpc) is 2.65. The fraction of sp³-hybridized carbons (Fsp3) is 0.600. The van der Waals surface area contributed by atoms with E-state index in [9.17, 15) is 9.59 Å². The minimum atomic E-state index is 0.00958. The monoisotopic (exact) mass is 344 g/mol. The fourth-order valence-electron chi connectivity index (χ4n) is 3.71. The highest BCUT2D eigenvalue weighted by Crippen LogP contribution is 2.31. The van der Waals surface area contributed by atoms with Crippen molar-refractivity contribution in [3.05, 3.63) is 29.3 Å². The van der Waals surface area contributed by atoms with Gasteiger partial charge in [0.15, 0.2) is 0 Å². The van der Waals surface area contributed by atoms with Crippen molar-refractivity contribution in [2.24, 2.45) is 11.8 Å². The van der Waals surface area contributed by atoms with Crippen molar-refractivity contribution in [2.75, 3.05) is 31.6 Å². The van der Waals surface area contributed by atoms with Gasteiger partial charge in [0, 0.05) is 30.6 Å². The van der Waals surface area contributed by atoms with E-state index < -0.39 is 0 Å². The molecule has 0 spiro atoms. The zero-order chi connectivity index (χ0) is 17.8. The molecule has 0 atom stereocenters. The van der Waals surface area contributed by atoms with Crippen LogP contribution in [0.3, 0.4) is 0 Å². The van der Waals surface area contributed by atoms with E-state index in [0.717, 1.165) is 31.4 Å². The number of ether oxygens (including phenoxy) is 1. The molecule has 5 heteroatoms. The Hall–Kier alpha value is -1.88. The number of hydrogen-bond acceptors (Lipinski definition) is 3. The van der Waals surface area contributed by atoms with E-state index in [1.165, 1.54) is 11.1 Å². The molecule has 5 nitrogen and oxygen atoms in total. The second-order valence-electron chi connectivity index (χ2n) is 7.27. The predicted molar refractivity (Wildman–Crippen MR) is 97.4 cm³/mol. The maximum absolute atomic E-state index is 12.6. The van der Waals surface area contributed by atoms with E-state index in [-0.39, 0.29) is 23.7 Å². The SMILES string of the molecule is Cc1ccc(NC(=O)C2CCC(C(=O)N3CCOCC3)CC2)cc1C. The van der Waals surface area contributed by atoms with Gasteiger partial charge in [0.25, 0.3) is 0 Å². The van der Waals surface area contributed by atoms with Crippen molar-refractivity contribution in [3.8, 4) is 0 Å². The van der Waals surface area contributed by atoms with Crippen LogP contribution in [0.5, 0.6) is 0 Å². The van der Waals surface area contributed by atoms with E-state index >= 15 is 0 Å². The number of aryl methyl sites for hydroxylation is 2. The topological polar surface area (TPSA) is 58.6 Å². The number of hydrogen-bond donors (Lipinski definition) is 1. The van der Waals surface area contributed by atoms with Gasteiger partial charge in [0.05, 0.1) is 13.2 Å². The van der Waals surface area contributed by atoms with E-state index in [0.29, 0.717) is 26.3 Å².